The second-order valence-electron chi connectivity index (χ2n) is 8.73. The number of aromatic nitrogens is 3. The van der Waals surface area contributed by atoms with Crippen molar-refractivity contribution in [3.05, 3.63) is 83.9 Å². The third-order valence-electron chi connectivity index (χ3n) is 6.23. The Morgan fingerprint density at radius 2 is 1.61 bits per heavy atom. The van der Waals surface area contributed by atoms with Gasteiger partial charge in [-0.25, -0.2) is 8.42 Å². The lowest BCUT2D eigenvalue weighted by Gasteiger charge is -2.18. The lowest BCUT2D eigenvalue weighted by Crippen LogP contribution is -2.30. The van der Waals surface area contributed by atoms with Gasteiger partial charge in [0.05, 0.1) is 16.3 Å². The summed E-state index contributed by atoms with van der Waals surface area (Å²) in [5, 5.41) is 12.3. The molecule has 0 aliphatic heterocycles. The number of carbonyl (C=O) groups is 1. The van der Waals surface area contributed by atoms with Crippen LogP contribution in [0.5, 0.6) is 0 Å². The highest BCUT2D eigenvalue weighted by molar-refractivity contribution is 7.99. The van der Waals surface area contributed by atoms with Gasteiger partial charge in [-0.1, -0.05) is 62.0 Å². The SMILES string of the molecule is CCN(CC)S(=O)(=O)c1ccc(NC(=O)CSc2nnc(-c3ccccc3)n2-c2ccc(C)c(C)c2)cc1. The first kappa shape index (κ1) is 27.6. The summed E-state index contributed by atoms with van der Waals surface area (Å²) in [6, 6.07) is 22.2. The summed E-state index contributed by atoms with van der Waals surface area (Å²) in [6.45, 7) is 8.52. The molecule has 0 saturated heterocycles. The van der Waals surface area contributed by atoms with Crippen LogP contribution in [-0.4, -0.2) is 52.2 Å². The highest BCUT2D eigenvalue weighted by Crippen LogP contribution is 2.29. The average molecular weight is 550 g/mol. The summed E-state index contributed by atoms with van der Waals surface area (Å²) in [5.41, 5.74) is 4.71. The van der Waals surface area contributed by atoms with Crippen LogP contribution in [0.1, 0.15) is 25.0 Å². The molecule has 0 unspecified atom stereocenters. The number of thioether (sulfide) groups is 1. The van der Waals surface area contributed by atoms with Crippen molar-refractivity contribution in [2.75, 3.05) is 24.2 Å². The Kier molecular flexibility index (Phi) is 8.65. The third kappa shape index (κ3) is 5.98. The molecular weight excluding hydrogens is 518 g/mol. The van der Waals surface area contributed by atoms with Crippen molar-refractivity contribution in [3.8, 4) is 17.1 Å². The molecule has 0 atom stereocenters. The molecule has 0 bridgehead atoms. The molecule has 8 nitrogen and oxygen atoms in total. The fourth-order valence-corrected chi connectivity index (χ4v) is 6.19. The van der Waals surface area contributed by atoms with Crippen LogP contribution in [0.2, 0.25) is 0 Å². The van der Waals surface area contributed by atoms with Gasteiger partial charge >= 0.3 is 0 Å². The van der Waals surface area contributed by atoms with E-state index in [0.717, 1.165) is 16.8 Å². The van der Waals surface area contributed by atoms with Crippen molar-refractivity contribution in [1.82, 2.24) is 19.1 Å². The quantitative estimate of drug-likeness (QED) is 0.269. The van der Waals surface area contributed by atoms with E-state index in [9.17, 15) is 13.2 Å². The largest absolute Gasteiger partial charge is 0.325 e. The molecule has 0 aliphatic carbocycles. The first-order chi connectivity index (χ1) is 18.2. The standard InChI is InChI=1S/C28H31N5O3S2/c1-5-32(6-2)38(35,36)25-16-13-23(14-17-25)29-26(34)19-37-28-31-30-27(22-10-8-7-9-11-22)33(28)24-15-12-20(3)21(4)18-24/h7-18H,5-6,19H2,1-4H3,(H,29,34). The number of anilines is 1. The lowest BCUT2D eigenvalue weighted by molar-refractivity contribution is -0.113. The number of carbonyl (C=O) groups excluding carboxylic acids is 1. The van der Waals surface area contributed by atoms with E-state index >= 15 is 0 Å². The maximum atomic E-state index is 12.8. The Hall–Kier alpha value is -3.47. The smallest absolute Gasteiger partial charge is 0.243 e. The molecule has 0 saturated carbocycles. The van der Waals surface area contributed by atoms with Gasteiger partial charge in [0.15, 0.2) is 11.0 Å². The molecule has 4 rings (SSSR count). The number of rotatable bonds is 10. The van der Waals surface area contributed by atoms with Gasteiger partial charge in [-0.3, -0.25) is 9.36 Å². The Morgan fingerprint density at radius 1 is 0.921 bits per heavy atom. The number of hydrogen-bond donors (Lipinski definition) is 1. The van der Waals surface area contributed by atoms with Gasteiger partial charge in [0.25, 0.3) is 0 Å². The van der Waals surface area contributed by atoms with Crippen molar-refractivity contribution in [3.63, 3.8) is 0 Å². The summed E-state index contributed by atoms with van der Waals surface area (Å²) in [5.74, 6) is 0.573. The second-order valence-corrected chi connectivity index (χ2v) is 11.6. The van der Waals surface area contributed by atoms with Gasteiger partial charge in [0.2, 0.25) is 15.9 Å². The van der Waals surface area contributed by atoms with E-state index < -0.39 is 10.0 Å². The molecule has 1 aromatic heterocycles. The van der Waals surface area contributed by atoms with E-state index in [0.29, 0.717) is 29.8 Å². The molecule has 0 spiro atoms. The number of sulfonamides is 1. The minimum absolute atomic E-state index is 0.108. The monoisotopic (exact) mass is 549 g/mol. The normalized spacial score (nSPS) is 11.6. The maximum Gasteiger partial charge on any atom is 0.243 e. The summed E-state index contributed by atoms with van der Waals surface area (Å²) in [7, 11) is -3.55. The number of hydrogen-bond acceptors (Lipinski definition) is 6. The van der Waals surface area contributed by atoms with E-state index in [1.54, 1.807) is 26.0 Å². The van der Waals surface area contributed by atoms with Crippen molar-refractivity contribution in [2.24, 2.45) is 0 Å². The molecule has 4 aromatic rings. The van der Waals surface area contributed by atoms with Gasteiger partial charge in [-0.2, -0.15) is 4.31 Å². The highest BCUT2D eigenvalue weighted by Gasteiger charge is 2.22. The molecule has 198 valence electrons. The zero-order valence-electron chi connectivity index (χ0n) is 21.9. The number of amides is 1. The van der Waals surface area contributed by atoms with Gasteiger partial charge in [-0.15, -0.1) is 10.2 Å². The molecule has 1 amide bonds. The molecule has 0 fully saturated rings. The minimum Gasteiger partial charge on any atom is -0.325 e. The Balaban J connectivity index is 1.51. The third-order valence-corrected chi connectivity index (χ3v) is 9.22. The van der Waals surface area contributed by atoms with E-state index in [2.05, 4.69) is 41.5 Å². The van der Waals surface area contributed by atoms with Crippen molar-refractivity contribution in [1.29, 1.82) is 0 Å². The number of aryl methyl sites for hydroxylation is 2. The zero-order valence-corrected chi connectivity index (χ0v) is 23.5. The molecular formula is C28H31N5O3S2. The summed E-state index contributed by atoms with van der Waals surface area (Å²) >= 11 is 1.29. The molecule has 1 heterocycles. The Bertz CT molecular complexity index is 1510. The van der Waals surface area contributed by atoms with Gasteiger partial charge in [0.1, 0.15) is 0 Å². The molecule has 1 N–H and O–H groups in total. The van der Waals surface area contributed by atoms with Crippen molar-refractivity contribution in [2.45, 2.75) is 37.7 Å². The lowest BCUT2D eigenvalue weighted by atomic mass is 10.1. The van der Waals surface area contributed by atoms with Crippen LogP contribution >= 0.6 is 11.8 Å². The summed E-state index contributed by atoms with van der Waals surface area (Å²) in [6.07, 6.45) is 0. The molecule has 38 heavy (non-hydrogen) atoms. The van der Waals surface area contributed by atoms with E-state index in [-0.39, 0.29) is 16.6 Å². The minimum atomic E-state index is -3.55. The number of benzene rings is 3. The Labute approximate surface area is 228 Å². The van der Waals surface area contributed by atoms with Gasteiger partial charge in [-0.05, 0) is 61.4 Å². The molecule has 3 aromatic carbocycles. The second kappa shape index (κ2) is 11.9. The fraction of sp³-hybridized carbons (Fsp3) is 0.250. The van der Waals surface area contributed by atoms with Crippen LogP contribution < -0.4 is 5.32 Å². The average Bonchev–Trinajstić information content (AvgIpc) is 3.34. The topological polar surface area (TPSA) is 97.2 Å². The molecule has 0 radical (unpaired) electrons. The van der Waals surface area contributed by atoms with Crippen LogP contribution in [0.15, 0.2) is 82.8 Å². The zero-order chi connectivity index (χ0) is 27.3. The van der Waals surface area contributed by atoms with Crippen LogP contribution in [-0.2, 0) is 14.8 Å². The summed E-state index contributed by atoms with van der Waals surface area (Å²) in [4.78, 5) is 13.0. The van der Waals surface area contributed by atoms with E-state index in [1.165, 1.54) is 33.8 Å². The highest BCUT2D eigenvalue weighted by atomic mass is 32.2. The van der Waals surface area contributed by atoms with Crippen molar-refractivity contribution >= 4 is 33.4 Å². The first-order valence-corrected chi connectivity index (χ1v) is 14.8. The molecule has 0 aliphatic rings. The van der Waals surface area contributed by atoms with Crippen LogP contribution in [0.25, 0.3) is 17.1 Å². The Morgan fingerprint density at radius 3 is 2.24 bits per heavy atom. The van der Waals surface area contributed by atoms with E-state index in [1.807, 2.05) is 41.0 Å². The number of nitrogens with one attached hydrogen (secondary N) is 1. The summed E-state index contributed by atoms with van der Waals surface area (Å²) < 4.78 is 28.8. The number of nitrogens with zero attached hydrogens (tertiary/aromatic N) is 4. The molecule has 10 heteroatoms. The van der Waals surface area contributed by atoms with Crippen LogP contribution in [0.4, 0.5) is 5.69 Å². The van der Waals surface area contributed by atoms with Crippen LogP contribution in [0, 0.1) is 13.8 Å². The first-order valence-electron chi connectivity index (χ1n) is 12.4. The maximum absolute atomic E-state index is 12.8. The predicted molar refractivity (Wildman–Crippen MR) is 152 cm³/mol. The van der Waals surface area contributed by atoms with E-state index in [4.69, 9.17) is 0 Å². The van der Waals surface area contributed by atoms with Crippen LogP contribution in [0.3, 0.4) is 0 Å². The van der Waals surface area contributed by atoms with Crippen molar-refractivity contribution < 1.29 is 13.2 Å². The predicted octanol–water partition coefficient (Wildman–Crippen LogP) is 5.31. The van der Waals surface area contributed by atoms with Gasteiger partial charge in [0, 0.05) is 24.3 Å². The fourth-order valence-electron chi connectivity index (χ4n) is 3.99. The van der Waals surface area contributed by atoms with Gasteiger partial charge < -0.3 is 5.32 Å².